The van der Waals surface area contributed by atoms with Crippen molar-refractivity contribution >= 4 is 5.84 Å². The molecule has 1 aliphatic heterocycles. The highest BCUT2D eigenvalue weighted by atomic mass is 15.1. The quantitative estimate of drug-likeness (QED) is 0.637. The first-order valence-electron chi connectivity index (χ1n) is 6.33. The Labute approximate surface area is 103 Å². The van der Waals surface area contributed by atoms with Crippen LogP contribution in [0, 0.1) is 0 Å². The summed E-state index contributed by atoms with van der Waals surface area (Å²) in [7, 11) is 2.18. The molecule has 2 rings (SSSR count). The van der Waals surface area contributed by atoms with Crippen molar-refractivity contribution in [1.29, 1.82) is 0 Å². The second kappa shape index (κ2) is 5.82. The third-order valence-electron chi connectivity index (χ3n) is 3.46. The Bertz CT molecular complexity index is 372. The lowest BCUT2D eigenvalue weighted by Crippen LogP contribution is -2.38. The monoisotopic (exact) mass is 231 g/mol. The van der Waals surface area contributed by atoms with Crippen molar-refractivity contribution in [3.8, 4) is 0 Å². The highest BCUT2D eigenvalue weighted by molar-refractivity contribution is 5.97. The zero-order valence-electron chi connectivity index (χ0n) is 10.5. The average Bonchev–Trinajstić information content (AvgIpc) is 2.38. The van der Waals surface area contributed by atoms with E-state index in [0.717, 1.165) is 12.1 Å². The molecule has 0 spiro atoms. The summed E-state index contributed by atoms with van der Waals surface area (Å²) in [6, 6.07) is 10.5. The van der Waals surface area contributed by atoms with E-state index in [4.69, 9.17) is 5.73 Å². The van der Waals surface area contributed by atoms with Gasteiger partial charge in [0.05, 0.1) is 6.54 Å². The normalized spacial score (nSPS) is 22.6. The van der Waals surface area contributed by atoms with Crippen LogP contribution in [0.25, 0.3) is 0 Å². The van der Waals surface area contributed by atoms with Crippen LogP contribution in [0.3, 0.4) is 0 Å². The predicted molar refractivity (Wildman–Crippen MR) is 72.3 cm³/mol. The van der Waals surface area contributed by atoms with Crippen molar-refractivity contribution in [2.45, 2.75) is 25.3 Å². The molecule has 1 fully saturated rings. The number of nitrogens with two attached hydrogens (primary N) is 1. The summed E-state index contributed by atoms with van der Waals surface area (Å²) in [5.74, 6) is 0.657. The van der Waals surface area contributed by atoms with Gasteiger partial charge in [-0.15, -0.1) is 0 Å². The van der Waals surface area contributed by atoms with Gasteiger partial charge in [0, 0.05) is 11.6 Å². The standard InChI is InChI=1S/C14H21N3/c1-17-10-6-5-9-13(17)11-16-14(15)12-7-3-2-4-8-12/h2-4,7-8,13H,5-6,9-11H2,1H3,(H2,15,16). The second-order valence-electron chi connectivity index (χ2n) is 4.72. The lowest BCUT2D eigenvalue weighted by atomic mass is 10.0. The van der Waals surface area contributed by atoms with Crippen LogP contribution in [-0.4, -0.2) is 36.9 Å². The zero-order chi connectivity index (χ0) is 12.1. The Morgan fingerprint density at radius 3 is 2.82 bits per heavy atom. The largest absolute Gasteiger partial charge is 0.384 e. The van der Waals surface area contributed by atoms with Gasteiger partial charge in [0.1, 0.15) is 5.84 Å². The smallest absolute Gasteiger partial charge is 0.125 e. The number of piperidine rings is 1. The lowest BCUT2D eigenvalue weighted by Gasteiger charge is -2.31. The van der Waals surface area contributed by atoms with E-state index in [2.05, 4.69) is 16.9 Å². The van der Waals surface area contributed by atoms with Crippen molar-refractivity contribution < 1.29 is 0 Å². The minimum Gasteiger partial charge on any atom is -0.384 e. The number of benzene rings is 1. The molecule has 2 N–H and O–H groups in total. The van der Waals surface area contributed by atoms with Gasteiger partial charge in [-0.05, 0) is 26.4 Å². The van der Waals surface area contributed by atoms with Gasteiger partial charge < -0.3 is 10.6 Å². The number of likely N-dealkylation sites (N-methyl/N-ethyl adjacent to an activating group) is 1. The first kappa shape index (κ1) is 12.1. The van der Waals surface area contributed by atoms with E-state index in [9.17, 15) is 0 Å². The summed E-state index contributed by atoms with van der Waals surface area (Å²) >= 11 is 0. The van der Waals surface area contributed by atoms with E-state index in [1.54, 1.807) is 0 Å². The minimum atomic E-state index is 0.561. The third-order valence-corrected chi connectivity index (χ3v) is 3.46. The Morgan fingerprint density at radius 1 is 1.35 bits per heavy atom. The maximum absolute atomic E-state index is 5.99. The minimum absolute atomic E-state index is 0.561. The van der Waals surface area contributed by atoms with Crippen molar-refractivity contribution in [1.82, 2.24) is 4.90 Å². The topological polar surface area (TPSA) is 41.6 Å². The van der Waals surface area contributed by atoms with Crippen LogP contribution in [0.5, 0.6) is 0 Å². The molecule has 0 bridgehead atoms. The van der Waals surface area contributed by atoms with Gasteiger partial charge >= 0.3 is 0 Å². The van der Waals surface area contributed by atoms with E-state index in [1.165, 1.54) is 25.8 Å². The maximum Gasteiger partial charge on any atom is 0.125 e. The van der Waals surface area contributed by atoms with Crippen molar-refractivity contribution in [2.24, 2.45) is 10.7 Å². The maximum atomic E-state index is 5.99. The number of amidine groups is 1. The van der Waals surface area contributed by atoms with Crippen LogP contribution in [-0.2, 0) is 0 Å². The molecule has 0 amide bonds. The molecule has 17 heavy (non-hydrogen) atoms. The molecule has 0 aromatic heterocycles. The van der Waals surface area contributed by atoms with Crippen LogP contribution >= 0.6 is 0 Å². The van der Waals surface area contributed by atoms with Crippen molar-refractivity contribution in [3.05, 3.63) is 35.9 Å². The Morgan fingerprint density at radius 2 is 2.12 bits per heavy atom. The van der Waals surface area contributed by atoms with Crippen LogP contribution in [0.2, 0.25) is 0 Å². The molecular weight excluding hydrogens is 210 g/mol. The van der Waals surface area contributed by atoms with Crippen molar-refractivity contribution in [3.63, 3.8) is 0 Å². The van der Waals surface area contributed by atoms with E-state index in [-0.39, 0.29) is 0 Å². The van der Waals surface area contributed by atoms with Crippen LogP contribution in [0.4, 0.5) is 0 Å². The number of nitrogens with zero attached hydrogens (tertiary/aromatic N) is 2. The van der Waals surface area contributed by atoms with Crippen molar-refractivity contribution in [2.75, 3.05) is 20.1 Å². The second-order valence-corrected chi connectivity index (χ2v) is 4.72. The van der Waals surface area contributed by atoms with Gasteiger partial charge in [-0.2, -0.15) is 0 Å². The number of likely N-dealkylation sites (tertiary alicyclic amines) is 1. The Balaban J connectivity index is 1.96. The Kier molecular flexibility index (Phi) is 4.15. The predicted octanol–water partition coefficient (Wildman–Crippen LogP) is 1.88. The summed E-state index contributed by atoms with van der Waals surface area (Å²) in [6.07, 6.45) is 3.86. The molecule has 1 heterocycles. The summed E-state index contributed by atoms with van der Waals surface area (Å²) in [4.78, 5) is 6.92. The fraction of sp³-hybridized carbons (Fsp3) is 0.500. The highest BCUT2D eigenvalue weighted by Crippen LogP contribution is 2.15. The molecular formula is C14H21N3. The summed E-state index contributed by atoms with van der Waals surface area (Å²) in [5, 5.41) is 0. The summed E-state index contributed by atoms with van der Waals surface area (Å²) in [5.41, 5.74) is 7.01. The van der Waals surface area contributed by atoms with E-state index >= 15 is 0 Å². The molecule has 3 nitrogen and oxygen atoms in total. The van der Waals surface area contributed by atoms with Crippen LogP contribution in [0.15, 0.2) is 35.3 Å². The van der Waals surface area contributed by atoms with Gasteiger partial charge in [0.2, 0.25) is 0 Å². The fourth-order valence-electron chi connectivity index (χ4n) is 2.28. The highest BCUT2D eigenvalue weighted by Gasteiger charge is 2.18. The Hall–Kier alpha value is -1.35. The molecule has 1 aromatic carbocycles. The van der Waals surface area contributed by atoms with E-state index in [0.29, 0.717) is 11.9 Å². The first-order valence-corrected chi connectivity index (χ1v) is 6.33. The molecule has 1 aliphatic rings. The molecule has 0 aliphatic carbocycles. The van der Waals surface area contributed by atoms with Gasteiger partial charge in [-0.25, -0.2) is 0 Å². The van der Waals surface area contributed by atoms with E-state index < -0.39 is 0 Å². The third kappa shape index (κ3) is 3.30. The van der Waals surface area contributed by atoms with E-state index in [1.807, 2.05) is 30.3 Å². The first-order chi connectivity index (χ1) is 8.27. The lowest BCUT2D eigenvalue weighted by molar-refractivity contribution is 0.191. The van der Waals surface area contributed by atoms with Gasteiger partial charge in [0.25, 0.3) is 0 Å². The summed E-state index contributed by atoms with van der Waals surface area (Å²) < 4.78 is 0. The molecule has 1 unspecified atom stereocenters. The number of hydrogen-bond donors (Lipinski definition) is 1. The van der Waals surface area contributed by atoms with Gasteiger partial charge in [-0.3, -0.25) is 4.99 Å². The molecule has 0 saturated carbocycles. The number of aliphatic imine (C=N–C) groups is 1. The average molecular weight is 231 g/mol. The molecule has 3 heteroatoms. The number of hydrogen-bond acceptors (Lipinski definition) is 2. The van der Waals surface area contributed by atoms with Crippen LogP contribution in [0.1, 0.15) is 24.8 Å². The molecule has 1 saturated heterocycles. The SMILES string of the molecule is CN1CCCCC1CN=C(N)c1ccccc1. The number of rotatable bonds is 3. The molecule has 1 aromatic rings. The molecule has 0 radical (unpaired) electrons. The molecule has 92 valence electrons. The molecule has 1 atom stereocenters. The van der Waals surface area contributed by atoms with Gasteiger partial charge in [-0.1, -0.05) is 36.8 Å². The fourth-order valence-corrected chi connectivity index (χ4v) is 2.28. The summed E-state index contributed by atoms with van der Waals surface area (Å²) in [6.45, 7) is 2.00. The zero-order valence-corrected chi connectivity index (χ0v) is 10.5. The van der Waals surface area contributed by atoms with Crippen LogP contribution < -0.4 is 5.73 Å². The van der Waals surface area contributed by atoms with Gasteiger partial charge in [0.15, 0.2) is 0 Å².